The van der Waals surface area contributed by atoms with Gasteiger partial charge in [-0.1, -0.05) is 0 Å². The Morgan fingerprint density at radius 3 is 2.42 bits per heavy atom. The summed E-state index contributed by atoms with van der Waals surface area (Å²) in [6.45, 7) is 0. The summed E-state index contributed by atoms with van der Waals surface area (Å²) in [6, 6.07) is 1.73. The van der Waals surface area contributed by atoms with Gasteiger partial charge in [0.05, 0.1) is 6.04 Å². The van der Waals surface area contributed by atoms with Gasteiger partial charge in [-0.15, -0.1) is 5.10 Å². The molecule has 1 aromatic heterocycles. The lowest BCUT2D eigenvalue weighted by Gasteiger charge is -2.17. The highest BCUT2D eigenvalue weighted by atomic mass is 19.1. The van der Waals surface area contributed by atoms with Crippen LogP contribution in [0, 0.1) is 5.82 Å². The fourth-order valence-electron chi connectivity index (χ4n) is 4.19. The lowest BCUT2D eigenvalue weighted by molar-refractivity contribution is 0.183. The molecule has 1 heterocycles. The number of hydrogen-bond acceptors (Lipinski definition) is 3. The Morgan fingerprint density at radius 1 is 1.12 bits per heavy atom. The first kappa shape index (κ1) is 15.7. The van der Waals surface area contributed by atoms with Gasteiger partial charge in [-0.25, -0.2) is 9.18 Å². The van der Waals surface area contributed by atoms with Crippen LogP contribution in [0.25, 0.3) is 0 Å². The molecule has 0 bridgehead atoms. The minimum atomic E-state index is -0.458. The number of carbonyl (C=O) groups is 1. The van der Waals surface area contributed by atoms with Gasteiger partial charge in [-0.05, 0) is 73.6 Å². The molecule has 1 saturated carbocycles. The second-order valence-corrected chi connectivity index (χ2v) is 7.33. The maximum atomic E-state index is 14.7. The number of fused-ring (bicyclic) bond motifs is 2. The highest BCUT2D eigenvalue weighted by Gasteiger charge is 2.30. The molecule has 3 aliphatic carbocycles. The van der Waals surface area contributed by atoms with Crippen molar-refractivity contribution in [3.05, 3.63) is 40.3 Å². The molecule has 0 spiro atoms. The fraction of sp³-hybridized carbons (Fsp3) is 0.474. The molecule has 7 heteroatoms. The molecule has 26 heavy (non-hydrogen) atoms. The first-order valence-electron chi connectivity index (χ1n) is 9.34. The number of nitrogens with zero attached hydrogens (tertiary/aromatic N) is 2. The summed E-state index contributed by atoms with van der Waals surface area (Å²) < 4.78 is 16.5. The molecule has 0 radical (unpaired) electrons. The van der Waals surface area contributed by atoms with E-state index in [-0.39, 0.29) is 5.82 Å². The van der Waals surface area contributed by atoms with Gasteiger partial charge in [-0.2, -0.15) is 5.48 Å². The summed E-state index contributed by atoms with van der Waals surface area (Å²) in [6.07, 6.45) is 9.10. The van der Waals surface area contributed by atoms with E-state index in [4.69, 9.17) is 4.84 Å². The van der Waals surface area contributed by atoms with Crippen LogP contribution in [0.2, 0.25) is 0 Å². The standard InChI is InChI=1S/C19H21FN4O2/c20-17-12-3-1-5-14(12)18(15-6-2-4-13(15)17)21-19(25)23-26-16-9-10-24(22-16)11-7-8-11/h9-11H,1-8H2,(H2,21,23,25). The summed E-state index contributed by atoms with van der Waals surface area (Å²) in [5.74, 6) is 0.319. The van der Waals surface area contributed by atoms with Gasteiger partial charge >= 0.3 is 6.03 Å². The van der Waals surface area contributed by atoms with Crippen molar-refractivity contribution >= 4 is 11.7 Å². The fourth-order valence-corrected chi connectivity index (χ4v) is 4.19. The molecular weight excluding hydrogens is 335 g/mol. The zero-order valence-corrected chi connectivity index (χ0v) is 14.5. The van der Waals surface area contributed by atoms with Crippen LogP contribution in [-0.2, 0) is 25.7 Å². The topological polar surface area (TPSA) is 68.2 Å². The van der Waals surface area contributed by atoms with E-state index >= 15 is 0 Å². The number of nitrogens with one attached hydrogen (secondary N) is 2. The van der Waals surface area contributed by atoms with E-state index in [1.807, 2.05) is 10.9 Å². The van der Waals surface area contributed by atoms with E-state index in [0.717, 1.165) is 79.3 Å². The highest BCUT2D eigenvalue weighted by molar-refractivity contribution is 5.91. The number of urea groups is 1. The van der Waals surface area contributed by atoms with E-state index in [1.165, 1.54) is 0 Å². The quantitative estimate of drug-likeness (QED) is 0.825. The third-order valence-electron chi connectivity index (χ3n) is 5.56. The van der Waals surface area contributed by atoms with Crippen molar-refractivity contribution in [2.24, 2.45) is 0 Å². The van der Waals surface area contributed by atoms with Gasteiger partial charge in [0.2, 0.25) is 0 Å². The molecule has 0 unspecified atom stereocenters. The first-order chi connectivity index (χ1) is 12.7. The molecule has 0 aliphatic heterocycles. The van der Waals surface area contributed by atoms with Gasteiger partial charge in [0.1, 0.15) is 5.82 Å². The number of rotatable bonds is 4. The van der Waals surface area contributed by atoms with Crippen molar-refractivity contribution in [1.29, 1.82) is 0 Å². The van der Waals surface area contributed by atoms with E-state index in [2.05, 4.69) is 15.9 Å². The summed E-state index contributed by atoms with van der Waals surface area (Å²) in [5.41, 5.74) is 6.66. The molecular formula is C19H21FN4O2. The second-order valence-electron chi connectivity index (χ2n) is 7.33. The number of amides is 2. The molecule has 6 nitrogen and oxygen atoms in total. The summed E-state index contributed by atoms with van der Waals surface area (Å²) in [5, 5.41) is 7.19. The minimum Gasteiger partial charge on any atom is -0.356 e. The smallest absolute Gasteiger partial charge is 0.352 e. The Hall–Kier alpha value is -2.57. The maximum Gasteiger partial charge on any atom is 0.352 e. The zero-order chi connectivity index (χ0) is 17.7. The predicted octanol–water partition coefficient (Wildman–Crippen LogP) is 3.45. The van der Waals surface area contributed by atoms with Crippen molar-refractivity contribution < 1.29 is 14.0 Å². The van der Waals surface area contributed by atoms with Crippen molar-refractivity contribution in [1.82, 2.24) is 15.3 Å². The van der Waals surface area contributed by atoms with E-state index < -0.39 is 6.03 Å². The van der Waals surface area contributed by atoms with Crippen molar-refractivity contribution in [2.75, 3.05) is 5.32 Å². The van der Waals surface area contributed by atoms with Crippen LogP contribution >= 0.6 is 0 Å². The molecule has 5 rings (SSSR count). The number of hydrogen-bond donors (Lipinski definition) is 2. The van der Waals surface area contributed by atoms with Crippen molar-refractivity contribution in [3.8, 4) is 5.88 Å². The van der Waals surface area contributed by atoms with Crippen LogP contribution in [0.4, 0.5) is 14.9 Å². The maximum absolute atomic E-state index is 14.7. The number of anilines is 1. The SMILES string of the molecule is O=C(NOc1ccn(C2CC2)n1)Nc1c2c(c(F)c3c1CCC3)CCC2. The number of benzene rings is 1. The molecule has 136 valence electrons. The van der Waals surface area contributed by atoms with Gasteiger partial charge < -0.3 is 10.2 Å². The van der Waals surface area contributed by atoms with Crippen molar-refractivity contribution in [2.45, 2.75) is 57.4 Å². The van der Waals surface area contributed by atoms with Crippen LogP contribution < -0.4 is 15.6 Å². The van der Waals surface area contributed by atoms with Gasteiger partial charge in [0.25, 0.3) is 5.88 Å². The highest BCUT2D eigenvalue weighted by Crippen LogP contribution is 2.41. The lowest BCUT2D eigenvalue weighted by atomic mass is 9.98. The average Bonchev–Trinajstić information content (AvgIpc) is 3.09. The number of carbonyl (C=O) groups excluding carboxylic acids is 1. The molecule has 2 aromatic rings. The molecule has 0 saturated heterocycles. The molecule has 3 aliphatic rings. The summed E-state index contributed by atoms with van der Waals surface area (Å²) >= 11 is 0. The summed E-state index contributed by atoms with van der Waals surface area (Å²) in [7, 11) is 0. The van der Waals surface area contributed by atoms with Crippen LogP contribution in [0.15, 0.2) is 12.3 Å². The van der Waals surface area contributed by atoms with Gasteiger partial charge in [0.15, 0.2) is 0 Å². The van der Waals surface area contributed by atoms with Crippen LogP contribution in [0.3, 0.4) is 0 Å². The second kappa shape index (κ2) is 6.00. The Bertz CT molecular complexity index is 853. The largest absolute Gasteiger partial charge is 0.356 e. The zero-order valence-electron chi connectivity index (χ0n) is 14.5. The van der Waals surface area contributed by atoms with E-state index in [9.17, 15) is 9.18 Å². The number of halogens is 1. The van der Waals surface area contributed by atoms with E-state index in [1.54, 1.807) is 6.07 Å². The third kappa shape index (κ3) is 2.62. The first-order valence-corrected chi connectivity index (χ1v) is 9.34. The average molecular weight is 356 g/mol. The van der Waals surface area contributed by atoms with Crippen LogP contribution in [-0.4, -0.2) is 15.8 Å². The minimum absolute atomic E-state index is 0.0437. The molecule has 0 atom stereocenters. The van der Waals surface area contributed by atoms with Crippen LogP contribution in [0.1, 0.15) is 54.0 Å². The normalized spacial score (nSPS) is 17.7. The molecule has 2 amide bonds. The van der Waals surface area contributed by atoms with Gasteiger partial charge in [0, 0.05) is 18.0 Å². The predicted molar refractivity (Wildman–Crippen MR) is 93.7 cm³/mol. The Labute approximate surface area is 150 Å². The van der Waals surface area contributed by atoms with Gasteiger partial charge in [-0.3, -0.25) is 4.68 Å². The van der Waals surface area contributed by atoms with E-state index in [0.29, 0.717) is 11.9 Å². The Morgan fingerprint density at radius 2 is 1.77 bits per heavy atom. The number of aromatic nitrogens is 2. The molecule has 1 aromatic carbocycles. The van der Waals surface area contributed by atoms with Crippen LogP contribution in [0.5, 0.6) is 5.88 Å². The molecule has 2 N–H and O–H groups in total. The Balaban J connectivity index is 1.32. The summed E-state index contributed by atoms with van der Waals surface area (Å²) in [4.78, 5) is 17.6. The lowest BCUT2D eigenvalue weighted by Crippen LogP contribution is -2.32. The Kier molecular flexibility index (Phi) is 3.62. The van der Waals surface area contributed by atoms with Crippen molar-refractivity contribution in [3.63, 3.8) is 0 Å². The number of hydroxylamine groups is 1. The molecule has 1 fully saturated rings. The monoisotopic (exact) mass is 356 g/mol. The third-order valence-corrected chi connectivity index (χ3v) is 5.56.